The van der Waals surface area contributed by atoms with E-state index in [4.69, 9.17) is 0 Å². The van der Waals surface area contributed by atoms with Crippen LogP contribution in [0.4, 0.5) is 4.39 Å². The quantitative estimate of drug-likeness (QED) is 0.662. The fourth-order valence-corrected chi connectivity index (χ4v) is 4.36. The van der Waals surface area contributed by atoms with Gasteiger partial charge in [-0.25, -0.2) is 4.39 Å². The highest BCUT2D eigenvalue weighted by molar-refractivity contribution is 5.99. The maximum Gasteiger partial charge on any atom is 0.257 e. The van der Waals surface area contributed by atoms with Crippen molar-refractivity contribution < 1.29 is 19.4 Å². The van der Waals surface area contributed by atoms with Gasteiger partial charge >= 0.3 is 0 Å². The van der Waals surface area contributed by atoms with E-state index in [0.717, 1.165) is 25.7 Å². The number of aromatic hydroxyl groups is 1. The molecule has 0 bridgehead atoms. The van der Waals surface area contributed by atoms with Crippen LogP contribution in [0, 0.1) is 17.7 Å². The summed E-state index contributed by atoms with van der Waals surface area (Å²) < 4.78 is 14.1. The van der Waals surface area contributed by atoms with Gasteiger partial charge in [0.2, 0.25) is 0 Å². The number of carbonyl (C=O) groups is 1. The zero-order valence-corrected chi connectivity index (χ0v) is 16.0. The molecular formula is C21H29FN2O3. The van der Waals surface area contributed by atoms with Gasteiger partial charge in [-0.1, -0.05) is 12.6 Å². The third kappa shape index (κ3) is 4.10. The molecule has 0 spiro atoms. The number of hydrogen-bond donors (Lipinski definition) is 3. The van der Waals surface area contributed by atoms with Gasteiger partial charge in [-0.2, -0.15) is 0 Å². The molecule has 2 aliphatic rings. The maximum absolute atomic E-state index is 14.1. The summed E-state index contributed by atoms with van der Waals surface area (Å²) >= 11 is 0. The number of benzene rings is 1. The molecule has 3 rings (SSSR count). The number of nitrogens with zero attached hydrogens (tertiary/aromatic N) is 1. The lowest BCUT2D eigenvalue weighted by molar-refractivity contribution is 0.0720. The lowest BCUT2D eigenvalue weighted by Gasteiger charge is -2.35. The van der Waals surface area contributed by atoms with E-state index in [1.165, 1.54) is 6.07 Å². The third-order valence-electron chi connectivity index (χ3n) is 6.16. The second kappa shape index (κ2) is 7.89. The van der Waals surface area contributed by atoms with E-state index in [0.29, 0.717) is 36.5 Å². The summed E-state index contributed by atoms with van der Waals surface area (Å²) in [5.41, 5.74) is 0.680. The van der Waals surface area contributed by atoms with Gasteiger partial charge < -0.3 is 20.4 Å². The number of fused-ring (bicyclic) bond motifs is 1. The highest BCUT2D eigenvalue weighted by Gasteiger charge is 2.34. The van der Waals surface area contributed by atoms with Crippen molar-refractivity contribution in [3.63, 3.8) is 0 Å². The monoisotopic (exact) mass is 376 g/mol. The Morgan fingerprint density at radius 2 is 2.00 bits per heavy atom. The Labute approximate surface area is 159 Å². The molecule has 27 heavy (non-hydrogen) atoms. The SMILES string of the molecule is C=C(O)[C@@H](C)NC(C)C1CCC(CN2Cc3ccc(O)c(F)c3C2=O)CC1. The fraction of sp³-hybridized carbons (Fsp3) is 0.571. The van der Waals surface area contributed by atoms with Crippen LogP contribution in [0.25, 0.3) is 0 Å². The Kier molecular flexibility index (Phi) is 5.75. The summed E-state index contributed by atoms with van der Waals surface area (Å²) in [6.45, 7) is 8.66. The number of aliphatic hydroxyl groups excluding tert-OH is 1. The van der Waals surface area contributed by atoms with Crippen LogP contribution < -0.4 is 5.32 Å². The Bertz CT molecular complexity index is 728. The first-order valence-corrected chi connectivity index (χ1v) is 9.71. The lowest BCUT2D eigenvalue weighted by Crippen LogP contribution is -2.42. The van der Waals surface area contributed by atoms with E-state index < -0.39 is 11.6 Å². The number of carbonyl (C=O) groups excluding carboxylic acids is 1. The number of hydrogen-bond acceptors (Lipinski definition) is 4. The molecule has 0 aromatic heterocycles. The molecule has 6 heteroatoms. The van der Waals surface area contributed by atoms with Crippen molar-refractivity contribution in [2.24, 2.45) is 11.8 Å². The zero-order chi connectivity index (χ0) is 19.7. The van der Waals surface area contributed by atoms with Crippen LogP contribution in [0.3, 0.4) is 0 Å². The van der Waals surface area contributed by atoms with Crippen molar-refractivity contribution in [2.45, 2.75) is 58.2 Å². The molecule has 148 valence electrons. The summed E-state index contributed by atoms with van der Waals surface area (Å²) in [6.07, 6.45) is 4.18. The van der Waals surface area contributed by atoms with Gasteiger partial charge in [0.05, 0.1) is 11.6 Å². The molecule has 1 aliphatic heterocycles. The van der Waals surface area contributed by atoms with Crippen molar-refractivity contribution in [3.8, 4) is 5.75 Å². The van der Waals surface area contributed by atoms with Crippen molar-refractivity contribution in [3.05, 3.63) is 41.4 Å². The fourth-order valence-electron chi connectivity index (χ4n) is 4.36. The summed E-state index contributed by atoms with van der Waals surface area (Å²) in [4.78, 5) is 14.2. The van der Waals surface area contributed by atoms with E-state index in [1.54, 1.807) is 11.0 Å². The standard InChI is InChI=1S/C21H29FN2O3/c1-12(14(3)25)23-13(2)16-6-4-15(5-7-16)10-24-11-17-8-9-18(26)20(22)19(17)21(24)27/h8-9,12-13,15-16,23,25-26H,3-7,10-11H2,1-2H3/t12-,13?,15?,16?/m1/s1. The van der Waals surface area contributed by atoms with Gasteiger partial charge in [0.1, 0.15) is 5.76 Å². The van der Waals surface area contributed by atoms with Crippen LogP contribution in [-0.4, -0.2) is 39.6 Å². The number of rotatable bonds is 6. The molecule has 1 aromatic carbocycles. The average Bonchev–Trinajstić information content (AvgIpc) is 2.95. The number of phenols is 1. The average molecular weight is 376 g/mol. The van der Waals surface area contributed by atoms with Gasteiger partial charge in [0.15, 0.2) is 11.6 Å². The molecule has 0 radical (unpaired) electrons. The molecule has 1 amide bonds. The minimum absolute atomic E-state index is 0.0275. The van der Waals surface area contributed by atoms with Gasteiger partial charge in [-0.3, -0.25) is 4.79 Å². The summed E-state index contributed by atoms with van der Waals surface area (Å²) in [5, 5.41) is 22.4. The van der Waals surface area contributed by atoms with Gasteiger partial charge in [-0.05, 0) is 63.0 Å². The first-order valence-electron chi connectivity index (χ1n) is 9.71. The van der Waals surface area contributed by atoms with Crippen LogP contribution in [0.1, 0.15) is 55.5 Å². The van der Waals surface area contributed by atoms with Gasteiger partial charge in [-0.15, -0.1) is 0 Å². The molecule has 2 atom stereocenters. The van der Waals surface area contributed by atoms with E-state index >= 15 is 0 Å². The van der Waals surface area contributed by atoms with E-state index in [9.17, 15) is 19.4 Å². The Morgan fingerprint density at radius 1 is 1.33 bits per heavy atom. The van der Waals surface area contributed by atoms with Crippen molar-refractivity contribution in [2.75, 3.05) is 6.54 Å². The normalized spacial score (nSPS) is 24.6. The van der Waals surface area contributed by atoms with Crippen LogP contribution in [0.2, 0.25) is 0 Å². The molecule has 0 saturated heterocycles. The van der Waals surface area contributed by atoms with Gasteiger partial charge in [0.25, 0.3) is 5.91 Å². The van der Waals surface area contributed by atoms with E-state index in [2.05, 4.69) is 18.8 Å². The number of halogens is 1. The molecular weight excluding hydrogens is 347 g/mol. The molecule has 1 saturated carbocycles. The highest BCUT2D eigenvalue weighted by atomic mass is 19.1. The predicted molar refractivity (Wildman–Crippen MR) is 102 cm³/mol. The minimum Gasteiger partial charge on any atom is -0.511 e. The predicted octanol–water partition coefficient (Wildman–Crippen LogP) is 3.73. The molecule has 1 aliphatic carbocycles. The first kappa shape index (κ1) is 19.7. The molecule has 1 aromatic rings. The molecule has 5 nitrogen and oxygen atoms in total. The Hall–Kier alpha value is -2.08. The minimum atomic E-state index is -0.803. The van der Waals surface area contributed by atoms with E-state index in [1.807, 2.05) is 6.92 Å². The largest absolute Gasteiger partial charge is 0.511 e. The maximum atomic E-state index is 14.1. The Balaban J connectivity index is 1.52. The number of aliphatic hydroxyl groups is 1. The van der Waals surface area contributed by atoms with Crippen molar-refractivity contribution in [1.29, 1.82) is 0 Å². The lowest BCUT2D eigenvalue weighted by atomic mass is 9.78. The second-order valence-electron chi connectivity index (χ2n) is 8.07. The van der Waals surface area contributed by atoms with Crippen molar-refractivity contribution >= 4 is 5.91 Å². The second-order valence-corrected chi connectivity index (χ2v) is 8.07. The smallest absolute Gasteiger partial charge is 0.257 e. The summed E-state index contributed by atoms with van der Waals surface area (Å²) in [6, 6.07) is 3.11. The van der Waals surface area contributed by atoms with Crippen LogP contribution in [-0.2, 0) is 6.54 Å². The highest BCUT2D eigenvalue weighted by Crippen LogP contribution is 2.35. The topological polar surface area (TPSA) is 72.8 Å². The first-order chi connectivity index (χ1) is 12.8. The van der Waals surface area contributed by atoms with Crippen LogP contribution in [0.15, 0.2) is 24.5 Å². The molecule has 1 unspecified atom stereocenters. The third-order valence-corrected chi connectivity index (χ3v) is 6.16. The summed E-state index contributed by atoms with van der Waals surface area (Å²) in [5.74, 6) is -0.488. The Morgan fingerprint density at radius 3 is 2.63 bits per heavy atom. The molecule has 1 heterocycles. The van der Waals surface area contributed by atoms with Crippen LogP contribution >= 0.6 is 0 Å². The molecule has 1 fully saturated rings. The van der Waals surface area contributed by atoms with Gasteiger partial charge in [0, 0.05) is 19.1 Å². The number of nitrogens with one attached hydrogen (secondary N) is 1. The summed E-state index contributed by atoms with van der Waals surface area (Å²) in [7, 11) is 0. The molecule has 3 N–H and O–H groups in total. The number of phenolic OH excluding ortho intramolecular Hbond substituents is 1. The van der Waals surface area contributed by atoms with Crippen molar-refractivity contribution in [1.82, 2.24) is 10.2 Å². The van der Waals surface area contributed by atoms with E-state index in [-0.39, 0.29) is 23.3 Å². The zero-order valence-electron chi connectivity index (χ0n) is 16.0. The van der Waals surface area contributed by atoms with Crippen LogP contribution in [0.5, 0.6) is 5.75 Å². The number of amides is 1.